The van der Waals surface area contributed by atoms with Crippen LogP contribution in [0.5, 0.6) is 0 Å². The van der Waals surface area contributed by atoms with Crippen molar-refractivity contribution in [3.63, 3.8) is 0 Å². The molecule has 0 aromatic carbocycles. The minimum Gasteiger partial charge on any atom is -0.422 e. The van der Waals surface area contributed by atoms with Gasteiger partial charge in [-0.25, -0.2) is 4.98 Å². The van der Waals surface area contributed by atoms with E-state index in [9.17, 15) is 0 Å². The van der Waals surface area contributed by atoms with Crippen LogP contribution in [-0.2, 0) is 0 Å². The fourth-order valence-corrected chi connectivity index (χ4v) is 1.46. The summed E-state index contributed by atoms with van der Waals surface area (Å²) < 4.78 is 5.47. The summed E-state index contributed by atoms with van der Waals surface area (Å²) in [5.74, 6) is 1.33. The molecule has 66 valence electrons. The Kier molecular flexibility index (Phi) is 1.38. The van der Waals surface area contributed by atoms with Crippen molar-refractivity contribution in [1.29, 1.82) is 0 Å². The monoisotopic (exact) mass is 194 g/mol. The maximum Gasteiger partial charge on any atom is 0.248 e. The summed E-state index contributed by atoms with van der Waals surface area (Å²) in [6.07, 6.45) is 2.36. The van der Waals surface area contributed by atoms with Gasteiger partial charge in [-0.3, -0.25) is 0 Å². The SMILES string of the molecule is Clc1ccc2nc(C3CC3)oc2n1. The first-order valence-electron chi connectivity index (χ1n) is 4.26. The summed E-state index contributed by atoms with van der Waals surface area (Å²) in [6, 6.07) is 3.56. The molecule has 1 fully saturated rings. The van der Waals surface area contributed by atoms with Gasteiger partial charge in [-0.1, -0.05) is 11.6 Å². The summed E-state index contributed by atoms with van der Waals surface area (Å²) in [7, 11) is 0. The Morgan fingerprint density at radius 3 is 2.92 bits per heavy atom. The maximum absolute atomic E-state index is 5.72. The predicted octanol–water partition coefficient (Wildman–Crippen LogP) is 2.75. The Morgan fingerprint density at radius 2 is 2.15 bits per heavy atom. The Labute approximate surface area is 79.7 Å². The number of oxazole rings is 1. The predicted molar refractivity (Wildman–Crippen MR) is 48.8 cm³/mol. The average Bonchev–Trinajstić information content (AvgIpc) is 2.87. The third kappa shape index (κ3) is 1.20. The van der Waals surface area contributed by atoms with Crippen LogP contribution in [0, 0.1) is 0 Å². The zero-order chi connectivity index (χ0) is 8.84. The van der Waals surface area contributed by atoms with Crippen molar-refractivity contribution < 1.29 is 4.42 Å². The highest BCUT2D eigenvalue weighted by Gasteiger charge is 2.29. The van der Waals surface area contributed by atoms with E-state index in [4.69, 9.17) is 16.0 Å². The van der Waals surface area contributed by atoms with Crippen molar-refractivity contribution >= 4 is 22.8 Å². The van der Waals surface area contributed by atoms with Gasteiger partial charge in [0.05, 0.1) is 0 Å². The molecule has 2 aromatic heterocycles. The van der Waals surface area contributed by atoms with Gasteiger partial charge >= 0.3 is 0 Å². The van der Waals surface area contributed by atoms with Gasteiger partial charge in [0.2, 0.25) is 11.6 Å². The Morgan fingerprint density at radius 1 is 1.31 bits per heavy atom. The number of fused-ring (bicyclic) bond motifs is 1. The van der Waals surface area contributed by atoms with Crippen LogP contribution in [0.25, 0.3) is 11.2 Å². The van der Waals surface area contributed by atoms with Crippen molar-refractivity contribution in [2.24, 2.45) is 0 Å². The van der Waals surface area contributed by atoms with E-state index in [2.05, 4.69) is 9.97 Å². The fourth-order valence-electron chi connectivity index (χ4n) is 1.32. The molecule has 0 aliphatic heterocycles. The number of hydrogen-bond acceptors (Lipinski definition) is 3. The van der Waals surface area contributed by atoms with Crippen LogP contribution in [0.3, 0.4) is 0 Å². The van der Waals surface area contributed by atoms with Crippen LogP contribution < -0.4 is 0 Å². The molecule has 0 atom stereocenters. The Balaban J connectivity index is 2.20. The zero-order valence-corrected chi connectivity index (χ0v) is 7.58. The molecule has 2 aromatic rings. The molecule has 1 aliphatic carbocycles. The third-order valence-corrected chi connectivity index (χ3v) is 2.38. The van der Waals surface area contributed by atoms with E-state index in [1.807, 2.05) is 6.07 Å². The average molecular weight is 195 g/mol. The van der Waals surface area contributed by atoms with Crippen LogP contribution in [0.2, 0.25) is 5.15 Å². The number of rotatable bonds is 1. The first-order chi connectivity index (χ1) is 6.33. The molecule has 3 nitrogen and oxygen atoms in total. The van der Waals surface area contributed by atoms with Crippen molar-refractivity contribution in [3.05, 3.63) is 23.2 Å². The quantitative estimate of drug-likeness (QED) is 0.656. The van der Waals surface area contributed by atoms with Gasteiger partial charge in [0.1, 0.15) is 10.7 Å². The topological polar surface area (TPSA) is 38.9 Å². The summed E-state index contributed by atoms with van der Waals surface area (Å²) in [4.78, 5) is 8.37. The molecule has 0 saturated heterocycles. The number of nitrogens with zero attached hydrogens (tertiary/aromatic N) is 2. The highest BCUT2D eigenvalue weighted by atomic mass is 35.5. The molecule has 0 N–H and O–H groups in total. The van der Waals surface area contributed by atoms with Gasteiger partial charge in [-0.2, -0.15) is 4.98 Å². The second kappa shape index (κ2) is 2.45. The fraction of sp³-hybridized carbons (Fsp3) is 0.333. The van der Waals surface area contributed by atoms with Crippen molar-refractivity contribution in [1.82, 2.24) is 9.97 Å². The van der Waals surface area contributed by atoms with Crippen molar-refractivity contribution in [3.8, 4) is 0 Å². The molecule has 3 rings (SSSR count). The lowest BCUT2D eigenvalue weighted by atomic mass is 10.4. The summed E-state index contributed by atoms with van der Waals surface area (Å²) >= 11 is 5.72. The van der Waals surface area contributed by atoms with E-state index < -0.39 is 0 Å². The van der Waals surface area contributed by atoms with Gasteiger partial charge in [-0.15, -0.1) is 0 Å². The molecule has 4 heteroatoms. The molecular weight excluding hydrogens is 188 g/mol. The van der Waals surface area contributed by atoms with E-state index >= 15 is 0 Å². The molecule has 0 bridgehead atoms. The first-order valence-corrected chi connectivity index (χ1v) is 4.64. The normalized spacial score (nSPS) is 16.7. The highest BCUT2D eigenvalue weighted by molar-refractivity contribution is 6.29. The minimum atomic E-state index is 0.450. The van der Waals surface area contributed by atoms with Crippen LogP contribution in [-0.4, -0.2) is 9.97 Å². The summed E-state index contributed by atoms with van der Waals surface area (Å²) in [6.45, 7) is 0. The van der Waals surface area contributed by atoms with Crippen LogP contribution in [0.15, 0.2) is 16.5 Å². The van der Waals surface area contributed by atoms with E-state index in [0.717, 1.165) is 11.4 Å². The third-order valence-electron chi connectivity index (χ3n) is 2.16. The summed E-state index contributed by atoms with van der Waals surface area (Å²) in [5.41, 5.74) is 1.35. The highest BCUT2D eigenvalue weighted by Crippen LogP contribution is 2.40. The molecule has 0 unspecified atom stereocenters. The molecule has 0 spiro atoms. The van der Waals surface area contributed by atoms with Gasteiger partial charge in [0, 0.05) is 5.92 Å². The van der Waals surface area contributed by atoms with Gasteiger partial charge in [0.15, 0.2) is 0 Å². The molecule has 1 aliphatic rings. The van der Waals surface area contributed by atoms with E-state index in [0.29, 0.717) is 16.8 Å². The second-order valence-electron chi connectivity index (χ2n) is 3.28. The van der Waals surface area contributed by atoms with Gasteiger partial charge < -0.3 is 4.42 Å². The van der Waals surface area contributed by atoms with Crippen LogP contribution in [0.1, 0.15) is 24.7 Å². The van der Waals surface area contributed by atoms with Crippen molar-refractivity contribution in [2.75, 3.05) is 0 Å². The minimum absolute atomic E-state index is 0.450. The number of hydrogen-bond donors (Lipinski definition) is 0. The maximum atomic E-state index is 5.72. The molecule has 0 amide bonds. The smallest absolute Gasteiger partial charge is 0.248 e. The lowest BCUT2D eigenvalue weighted by Crippen LogP contribution is -1.75. The molecule has 13 heavy (non-hydrogen) atoms. The molecule has 2 heterocycles. The second-order valence-corrected chi connectivity index (χ2v) is 3.67. The van der Waals surface area contributed by atoms with Crippen LogP contribution >= 0.6 is 11.6 Å². The Bertz CT molecular complexity index is 462. The Hall–Kier alpha value is -1.09. The molecule has 0 radical (unpaired) electrons. The molecule has 1 saturated carbocycles. The van der Waals surface area contributed by atoms with Crippen LogP contribution in [0.4, 0.5) is 0 Å². The lowest BCUT2D eigenvalue weighted by Gasteiger charge is -1.85. The zero-order valence-electron chi connectivity index (χ0n) is 6.83. The van der Waals surface area contributed by atoms with E-state index in [1.165, 1.54) is 12.8 Å². The lowest BCUT2D eigenvalue weighted by molar-refractivity contribution is 0.525. The van der Waals surface area contributed by atoms with Gasteiger partial charge in [0.25, 0.3) is 0 Å². The van der Waals surface area contributed by atoms with E-state index in [1.54, 1.807) is 6.07 Å². The van der Waals surface area contributed by atoms with Crippen molar-refractivity contribution in [2.45, 2.75) is 18.8 Å². The number of aromatic nitrogens is 2. The first kappa shape index (κ1) is 7.33. The molecular formula is C9H7ClN2O. The number of halogens is 1. The van der Waals surface area contributed by atoms with E-state index in [-0.39, 0.29) is 0 Å². The standard InChI is InChI=1S/C9H7ClN2O/c10-7-4-3-6-9(12-7)13-8(11-6)5-1-2-5/h3-5H,1-2H2. The summed E-state index contributed by atoms with van der Waals surface area (Å²) in [5, 5.41) is 0.450. The number of pyridine rings is 1. The largest absolute Gasteiger partial charge is 0.422 e. The van der Waals surface area contributed by atoms with Gasteiger partial charge in [-0.05, 0) is 25.0 Å².